The summed E-state index contributed by atoms with van der Waals surface area (Å²) in [6.45, 7) is 8.96. The van der Waals surface area contributed by atoms with Gasteiger partial charge in [-0.25, -0.2) is 0 Å². The Hall–Kier alpha value is -0.820. The number of benzene rings is 1. The molecule has 86 valence electrons. The molecule has 0 saturated carbocycles. The van der Waals surface area contributed by atoms with Crippen LogP contribution in [-0.4, -0.2) is 5.24 Å². The van der Waals surface area contributed by atoms with Gasteiger partial charge < -0.3 is 0 Å². The van der Waals surface area contributed by atoms with Gasteiger partial charge in [-0.1, -0.05) is 33.8 Å². The molecule has 0 radical (unpaired) electrons. The van der Waals surface area contributed by atoms with E-state index in [-0.39, 0.29) is 16.1 Å². The van der Waals surface area contributed by atoms with Crippen molar-refractivity contribution < 1.29 is 4.79 Å². The molecule has 1 aromatic rings. The predicted octanol–water partition coefficient (Wildman–Crippen LogP) is 4.02. The summed E-state index contributed by atoms with van der Waals surface area (Å²) in [4.78, 5) is 11.2. The van der Waals surface area contributed by atoms with Crippen molar-refractivity contribution in [2.75, 3.05) is 0 Å². The van der Waals surface area contributed by atoms with E-state index < -0.39 is 0 Å². The molecule has 1 nitrogen and oxygen atoms in total. The highest BCUT2D eigenvalue weighted by Crippen LogP contribution is 2.49. The van der Waals surface area contributed by atoms with Gasteiger partial charge >= 0.3 is 0 Å². The van der Waals surface area contributed by atoms with E-state index in [0.717, 1.165) is 6.42 Å². The standard InChI is InChI=1S/C14H17ClO/c1-13(2)8-14(3,4)11-7-9(12(15)16)5-6-10(11)13/h5-7H,8H2,1-4H3. The Balaban J connectivity index is 2.63. The zero-order chi connectivity index (χ0) is 12.1. The highest BCUT2D eigenvalue weighted by Gasteiger charge is 2.41. The molecular weight excluding hydrogens is 220 g/mol. The number of hydrogen-bond acceptors (Lipinski definition) is 1. The van der Waals surface area contributed by atoms with Crippen molar-refractivity contribution in [3.05, 3.63) is 34.9 Å². The van der Waals surface area contributed by atoms with Crippen LogP contribution in [0, 0.1) is 0 Å². The number of hydrogen-bond donors (Lipinski definition) is 0. The van der Waals surface area contributed by atoms with Gasteiger partial charge in [0, 0.05) is 5.56 Å². The molecule has 0 bridgehead atoms. The Morgan fingerprint density at radius 3 is 2.25 bits per heavy atom. The zero-order valence-electron chi connectivity index (χ0n) is 10.2. The second kappa shape index (κ2) is 3.33. The Morgan fingerprint density at radius 2 is 1.69 bits per heavy atom. The minimum Gasteiger partial charge on any atom is -0.276 e. The molecule has 0 N–H and O–H groups in total. The number of halogens is 1. The molecule has 2 rings (SSSR count). The van der Waals surface area contributed by atoms with E-state index in [0.29, 0.717) is 5.56 Å². The summed E-state index contributed by atoms with van der Waals surface area (Å²) in [6, 6.07) is 5.84. The van der Waals surface area contributed by atoms with E-state index in [9.17, 15) is 4.79 Å². The van der Waals surface area contributed by atoms with Crippen LogP contribution in [-0.2, 0) is 10.8 Å². The Kier molecular flexibility index (Phi) is 2.43. The van der Waals surface area contributed by atoms with Gasteiger partial charge in [-0.2, -0.15) is 0 Å². The summed E-state index contributed by atoms with van der Waals surface area (Å²) in [7, 11) is 0. The molecule has 1 aromatic carbocycles. The molecule has 0 aromatic heterocycles. The average molecular weight is 237 g/mol. The summed E-state index contributed by atoms with van der Waals surface area (Å²) in [6.07, 6.45) is 1.11. The van der Waals surface area contributed by atoms with Gasteiger partial charge in [-0.05, 0) is 52.1 Å². The fourth-order valence-corrected chi connectivity index (χ4v) is 3.23. The highest BCUT2D eigenvalue weighted by molar-refractivity contribution is 6.67. The molecular formula is C14H17ClO. The summed E-state index contributed by atoms with van der Waals surface area (Å²) < 4.78 is 0. The quantitative estimate of drug-likeness (QED) is 0.673. The van der Waals surface area contributed by atoms with Crippen molar-refractivity contribution in [2.24, 2.45) is 0 Å². The molecule has 2 heteroatoms. The van der Waals surface area contributed by atoms with Crippen molar-refractivity contribution in [3.63, 3.8) is 0 Å². The van der Waals surface area contributed by atoms with Gasteiger partial charge in [0.05, 0.1) is 0 Å². The third-order valence-electron chi connectivity index (χ3n) is 3.59. The first kappa shape index (κ1) is 11.7. The maximum Gasteiger partial charge on any atom is 0.252 e. The smallest absolute Gasteiger partial charge is 0.252 e. The number of carbonyl (C=O) groups excluding carboxylic acids is 1. The lowest BCUT2D eigenvalue weighted by Crippen LogP contribution is -2.18. The molecule has 0 amide bonds. The molecule has 0 heterocycles. The van der Waals surface area contributed by atoms with Gasteiger partial charge in [-0.15, -0.1) is 0 Å². The lowest BCUT2D eigenvalue weighted by molar-refractivity contribution is 0.108. The fraction of sp³-hybridized carbons (Fsp3) is 0.500. The van der Waals surface area contributed by atoms with Crippen molar-refractivity contribution >= 4 is 16.8 Å². The summed E-state index contributed by atoms with van der Waals surface area (Å²) in [5.41, 5.74) is 3.53. The third kappa shape index (κ3) is 1.67. The van der Waals surface area contributed by atoms with Crippen LogP contribution in [0.2, 0.25) is 0 Å². The second-order valence-corrected chi connectivity index (χ2v) is 6.32. The molecule has 16 heavy (non-hydrogen) atoms. The Labute approximate surface area is 102 Å². The van der Waals surface area contributed by atoms with E-state index >= 15 is 0 Å². The van der Waals surface area contributed by atoms with Crippen molar-refractivity contribution in [1.82, 2.24) is 0 Å². The molecule has 0 spiro atoms. The molecule has 0 atom stereocenters. The lowest BCUT2D eigenvalue weighted by Gasteiger charge is -2.22. The van der Waals surface area contributed by atoms with Crippen molar-refractivity contribution in [1.29, 1.82) is 0 Å². The van der Waals surface area contributed by atoms with Gasteiger partial charge in [0.1, 0.15) is 0 Å². The lowest BCUT2D eigenvalue weighted by atomic mass is 9.82. The normalized spacial score (nSPS) is 20.6. The second-order valence-electron chi connectivity index (χ2n) is 5.98. The van der Waals surface area contributed by atoms with E-state index in [1.807, 2.05) is 12.1 Å². The van der Waals surface area contributed by atoms with Crippen LogP contribution in [0.25, 0.3) is 0 Å². The van der Waals surface area contributed by atoms with Gasteiger partial charge in [0.15, 0.2) is 0 Å². The van der Waals surface area contributed by atoms with Crippen LogP contribution in [0.5, 0.6) is 0 Å². The van der Waals surface area contributed by atoms with Crippen LogP contribution in [0.1, 0.15) is 55.6 Å². The topological polar surface area (TPSA) is 17.1 Å². The van der Waals surface area contributed by atoms with Crippen molar-refractivity contribution in [2.45, 2.75) is 44.9 Å². The van der Waals surface area contributed by atoms with Crippen LogP contribution >= 0.6 is 11.6 Å². The van der Waals surface area contributed by atoms with E-state index in [4.69, 9.17) is 11.6 Å². The van der Waals surface area contributed by atoms with E-state index in [1.54, 1.807) is 0 Å². The Bertz CT molecular complexity index is 458. The monoisotopic (exact) mass is 236 g/mol. The molecule has 0 fully saturated rings. The fourth-order valence-electron chi connectivity index (χ4n) is 3.11. The van der Waals surface area contributed by atoms with Gasteiger partial charge in [0.25, 0.3) is 5.24 Å². The first-order valence-corrected chi connectivity index (χ1v) is 5.97. The molecule has 1 aliphatic carbocycles. The zero-order valence-corrected chi connectivity index (χ0v) is 11.0. The van der Waals surface area contributed by atoms with Gasteiger partial charge in [-0.3, -0.25) is 4.79 Å². The van der Waals surface area contributed by atoms with Crippen LogP contribution in [0.15, 0.2) is 18.2 Å². The maximum absolute atomic E-state index is 11.2. The first-order valence-electron chi connectivity index (χ1n) is 5.59. The average Bonchev–Trinajstić information content (AvgIpc) is 2.32. The summed E-state index contributed by atoms with van der Waals surface area (Å²) in [5.74, 6) is 0. The molecule has 1 aliphatic rings. The van der Waals surface area contributed by atoms with Crippen molar-refractivity contribution in [3.8, 4) is 0 Å². The minimum atomic E-state index is -0.372. The van der Waals surface area contributed by atoms with Crippen LogP contribution in [0.4, 0.5) is 0 Å². The highest BCUT2D eigenvalue weighted by atomic mass is 35.5. The molecule has 0 unspecified atom stereocenters. The molecule has 0 aliphatic heterocycles. The third-order valence-corrected chi connectivity index (χ3v) is 3.81. The SMILES string of the molecule is CC1(C)CC(C)(C)c2cc(C(=O)Cl)ccc21. The predicted molar refractivity (Wildman–Crippen MR) is 67.3 cm³/mol. The number of rotatable bonds is 1. The maximum atomic E-state index is 11.2. The largest absolute Gasteiger partial charge is 0.276 e. The summed E-state index contributed by atoms with van der Waals surface area (Å²) in [5, 5.41) is -0.372. The van der Waals surface area contributed by atoms with E-state index in [2.05, 4.69) is 33.8 Å². The first-order chi connectivity index (χ1) is 7.24. The Morgan fingerprint density at radius 1 is 1.12 bits per heavy atom. The number of fused-ring (bicyclic) bond motifs is 1. The molecule has 0 saturated heterocycles. The van der Waals surface area contributed by atoms with Gasteiger partial charge in [0.2, 0.25) is 0 Å². The van der Waals surface area contributed by atoms with Crippen LogP contribution < -0.4 is 0 Å². The van der Waals surface area contributed by atoms with E-state index in [1.165, 1.54) is 11.1 Å². The summed E-state index contributed by atoms with van der Waals surface area (Å²) >= 11 is 5.53. The minimum absolute atomic E-state index is 0.126. The number of carbonyl (C=O) groups is 1. The van der Waals surface area contributed by atoms with Crippen LogP contribution in [0.3, 0.4) is 0 Å².